The normalized spacial score (nSPS) is 30.4. The molecule has 1 saturated heterocycles. The van der Waals surface area contributed by atoms with Gasteiger partial charge in [0.1, 0.15) is 0 Å². The Hall–Kier alpha value is -0.860. The number of likely N-dealkylation sites (N-methyl/N-ethyl adjacent to an activating group) is 1. The number of hydrogen-bond acceptors (Lipinski definition) is 2. The molecule has 1 fully saturated rings. The van der Waals surface area contributed by atoms with Gasteiger partial charge in [-0.15, -0.1) is 0 Å². The summed E-state index contributed by atoms with van der Waals surface area (Å²) in [7, 11) is 0. The molecule has 0 aliphatic carbocycles. The van der Waals surface area contributed by atoms with Crippen LogP contribution in [-0.2, 0) is 0 Å². The van der Waals surface area contributed by atoms with Crippen LogP contribution in [0.1, 0.15) is 38.8 Å². The van der Waals surface area contributed by atoms with Crippen molar-refractivity contribution < 1.29 is 0 Å². The van der Waals surface area contributed by atoms with Gasteiger partial charge in [0.2, 0.25) is 0 Å². The third-order valence-corrected chi connectivity index (χ3v) is 4.24. The van der Waals surface area contributed by atoms with Crippen LogP contribution in [0.5, 0.6) is 0 Å². The smallest absolute Gasteiger partial charge is 0.0450 e. The lowest BCUT2D eigenvalue weighted by molar-refractivity contribution is 0.0540. The highest BCUT2D eigenvalue weighted by molar-refractivity contribution is 5.20. The predicted octanol–water partition coefficient (Wildman–Crippen LogP) is 2.82. The Morgan fingerprint density at radius 1 is 1.29 bits per heavy atom. The maximum atomic E-state index is 3.70. The molecule has 0 bridgehead atoms. The molecule has 2 unspecified atom stereocenters. The summed E-state index contributed by atoms with van der Waals surface area (Å²) in [6, 6.07) is 11.3. The minimum Gasteiger partial charge on any atom is -0.307 e. The van der Waals surface area contributed by atoms with E-state index in [1.165, 1.54) is 12.0 Å². The average Bonchev–Trinajstić information content (AvgIpc) is 2.40. The van der Waals surface area contributed by atoms with Gasteiger partial charge in [0.25, 0.3) is 0 Å². The minimum absolute atomic E-state index is 0.319. The van der Waals surface area contributed by atoms with E-state index in [4.69, 9.17) is 0 Å². The molecular weight excluding hydrogens is 208 g/mol. The Morgan fingerprint density at radius 2 is 2.00 bits per heavy atom. The summed E-state index contributed by atoms with van der Waals surface area (Å²) in [6.45, 7) is 10.2. The van der Waals surface area contributed by atoms with E-state index in [-0.39, 0.29) is 0 Å². The average molecular weight is 232 g/mol. The van der Waals surface area contributed by atoms with E-state index >= 15 is 0 Å². The van der Waals surface area contributed by atoms with Crippen LogP contribution >= 0.6 is 0 Å². The lowest BCUT2D eigenvalue weighted by Crippen LogP contribution is -2.60. The second-order valence-corrected chi connectivity index (χ2v) is 5.23. The van der Waals surface area contributed by atoms with Crippen LogP contribution in [-0.4, -0.2) is 30.1 Å². The van der Waals surface area contributed by atoms with Gasteiger partial charge in [0.15, 0.2) is 0 Å². The molecule has 0 amide bonds. The largest absolute Gasteiger partial charge is 0.307 e. The Labute approximate surface area is 105 Å². The second-order valence-electron chi connectivity index (χ2n) is 5.23. The summed E-state index contributed by atoms with van der Waals surface area (Å²) in [4.78, 5) is 2.61. The maximum absolute atomic E-state index is 3.70. The van der Waals surface area contributed by atoms with Crippen molar-refractivity contribution in [2.45, 2.75) is 38.8 Å². The number of benzene rings is 1. The molecule has 2 nitrogen and oxygen atoms in total. The van der Waals surface area contributed by atoms with Crippen LogP contribution in [0.4, 0.5) is 0 Å². The van der Waals surface area contributed by atoms with E-state index in [2.05, 4.69) is 61.3 Å². The fraction of sp³-hybridized carbons (Fsp3) is 0.600. The fourth-order valence-electron chi connectivity index (χ4n) is 2.73. The SMILES string of the molecule is CCN1CC(c2ccccc2)NCC1(C)CC. The standard InChI is InChI=1S/C15H24N2/c1-4-15(3)12-16-14(11-17(15)5-2)13-9-7-6-8-10-13/h6-10,14,16H,4-5,11-12H2,1-3H3. The van der Waals surface area contributed by atoms with Crippen LogP contribution in [0.15, 0.2) is 30.3 Å². The fourth-order valence-corrected chi connectivity index (χ4v) is 2.73. The zero-order valence-electron chi connectivity index (χ0n) is 11.2. The van der Waals surface area contributed by atoms with Crippen molar-refractivity contribution in [1.29, 1.82) is 0 Å². The molecule has 0 saturated carbocycles. The lowest BCUT2D eigenvalue weighted by Gasteiger charge is -2.47. The number of hydrogen-bond donors (Lipinski definition) is 1. The van der Waals surface area contributed by atoms with Crippen LogP contribution in [0.2, 0.25) is 0 Å². The van der Waals surface area contributed by atoms with Crippen molar-refractivity contribution in [3.05, 3.63) is 35.9 Å². The molecule has 1 aliphatic heterocycles. The van der Waals surface area contributed by atoms with Gasteiger partial charge < -0.3 is 5.32 Å². The molecule has 94 valence electrons. The highest BCUT2D eigenvalue weighted by Gasteiger charge is 2.35. The molecule has 0 spiro atoms. The van der Waals surface area contributed by atoms with Crippen molar-refractivity contribution in [2.75, 3.05) is 19.6 Å². The van der Waals surface area contributed by atoms with Crippen molar-refractivity contribution >= 4 is 0 Å². The van der Waals surface area contributed by atoms with Crippen LogP contribution in [0.25, 0.3) is 0 Å². The van der Waals surface area contributed by atoms with Crippen LogP contribution < -0.4 is 5.32 Å². The van der Waals surface area contributed by atoms with E-state index < -0.39 is 0 Å². The van der Waals surface area contributed by atoms with Crippen molar-refractivity contribution in [3.63, 3.8) is 0 Å². The van der Waals surface area contributed by atoms with Crippen molar-refractivity contribution in [1.82, 2.24) is 10.2 Å². The van der Waals surface area contributed by atoms with E-state index in [9.17, 15) is 0 Å². The number of nitrogens with one attached hydrogen (secondary N) is 1. The van der Waals surface area contributed by atoms with E-state index in [0.29, 0.717) is 11.6 Å². The monoisotopic (exact) mass is 232 g/mol. The van der Waals surface area contributed by atoms with Gasteiger partial charge in [-0.25, -0.2) is 0 Å². The van der Waals surface area contributed by atoms with E-state index in [0.717, 1.165) is 19.6 Å². The molecule has 0 radical (unpaired) electrons. The Kier molecular flexibility index (Phi) is 3.85. The summed E-state index contributed by atoms with van der Waals surface area (Å²) >= 11 is 0. The zero-order valence-corrected chi connectivity index (χ0v) is 11.2. The summed E-state index contributed by atoms with van der Waals surface area (Å²) in [5, 5.41) is 3.70. The molecule has 2 rings (SSSR count). The molecule has 2 atom stereocenters. The van der Waals surface area contributed by atoms with Gasteiger partial charge in [-0.05, 0) is 25.5 Å². The molecule has 1 aromatic carbocycles. The first-order chi connectivity index (χ1) is 8.19. The molecule has 1 heterocycles. The Balaban J connectivity index is 2.12. The van der Waals surface area contributed by atoms with Gasteiger partial charge in [-0.3, -0.25) is 4.90 Å². The topological polar surface area (TPSA) is 15.3 Å². The van der Waals surface area contributed by atoms with Crippen LogP contribution in [0.3, 0.4) is 0 Å². The predicted molar refractivity (Wildman–Crippen MR) is 73.1 cm³/mol. The molecule has 0 aromatic heterocycles. The molecule has 17 heavy (non-hydrogen) atoms. The third kappa shape index (κ3) is 2.53. The maximum Gasteiger partial charge on any atom is 0.0450 e. The van der Waals surface area contributed by atoms with Gasteiger partial charge in [0, 0.05) is 24.7 Å². The molecule has 2 heteroatoms. The Bertz CT molecular complexity index is 349. The van der Waals surface area contributed by atoms with Gasteiger partial charge in [0.05, 0.1) is 0 Å². The quantitative estimate of drug-likeness (QED) is 0.862. The summed E-state index contributed by atoms with van der Waals surface area (Å²) in [5.74, 6) is 0. The highest BCUT2D eigenvalue weighted by atomic mass is 15.3. The van der Waals surface area contributed by atoms with Gasteiger partial charge in [-0.2, -0.15) is 0 Å². The van der Waals surface area contributed by atoms with E-state index in [1.807, 2.05) is 0 Å². The number of rotatable bonds is 3. The first-order valence-electron chi connectivity index (χ1n) is 6.73. The van der Waals surface area contributed by atoms with Crippen molar-refractivity contribution in [3.8, 4) is 0 Å². The Morgan fingerprint density at radius 3 is 2.59 bits per heavy atom. The van der Waals surface area contributed by atoms with Gasteiger partial charge in [-0.1, -0.05) is 44.2 Å². The van der Waals surface area contributed by atoms with Crippen molar-refractivity contribution in [2.24, 2.45) is 0 Å². The third-order valence-electron chi connectivity index (χ3n) is 4.24. The first kappa shape index (κ1) is 12.6. The second kappa shape index (κ2) is 5.19. The zero-order chi connectivity index (χ0) is 12.3. The van der Waals surface area contributed by atoms with Gasteiger partial charge >= 0.3 is 0 Å². The summed E-state index contributed by atoms with van der Waals surface area (Å²) in [6.07, 6.45) is 1.20. The molecular formula is C15H24N2. The minimum atomic E-state index is 0.319. The molecule has 1 aliphatic rings. The number of nitrogens with zero attached hydrogens (tertiary/aromatic N) is 1. The van der Waals surface area contributed by atoms with Crippen LogP contribution in [0, 0.1) is 0 Å². The highest BCUT2D eigenvalue weighted by Crippen LogP contribution is 2.27. The molecule has 1 N–H and O–H groups in total. The summed E-state index contributed by atoms with van der Waals surface area (Å²) in [5.41, 5.74) is 1.73. The summed E-state index contributed by atoms with van der Waals surface area (Å²) < 4.78 is 0. The number of piperazine rings is 1. The first-order valence-corrected chi connectivity index (χ1v) is 6.73. The molecule has 1 aromatic rings. The lowest BCUT2D eigenvalue weighted by atomic mass is 9.90. The van der Waals surface area contributed by atoms with E-state index in [1.54, 1.807) is 0 Å².